The molecule has 0 fully saturated rings. The molecule has 0 bridgehead atoms. The van der Waals surface area contributed by atoms with Gasteiger partial charge in [-0.1, -0.05) is 57.6 Å². The van der Waals surface area contributed by atoms with E-state index in [4.69, 9.17) is 4.99 Å². The molecule has 0 aliphatic carbocycles. The zero-order chi connectivity index (χ0) is 18.5. The smallest absolute Gasteiger partial charge is 0.221 e. The molecule has 0 saturated carbocycles. The Kier molecular flexibility index (Phi) is 10.7. The minimum Gasteiger partial charge on any atom is -0.307 e. The number of amides is 1. The molecule has 0 aromatic rings. The number of unbranched alkanes of at least 4 members (excludes halogenated alkanes) is 7. The van der Waals surface area contributed by atoms with Crippen LogP contribution in [0.15, 0.2) is 17.1 Å². The lowest BCUT2D eigenvalue weighted by Gasteiger charge is -2.42. The fraction of sp³-hybridized carbons (Fsp3) is 0.810. The third kappa shape index (κ3) is 7.31. The molecule has 0 aromatic heterocycles. The van der Waals surface area contributed by atoms with Gasteiger partial charge >= 0.3 is 0 Å². The summed E-state index contributed by atoms with van der Waals surface area (Å²) in [5.74, 6) is 0.0404. The number of nitrogens with zero attached hydrogens (tertiary/aromatic N) is 2. The van der Waals surface area contributed by atoms with Gasteiger partial charge in [0.2, 0.25) is 5.91 Å². The third-order valence-corrected chi connectivity index (χ3v) is 5.55. The summed E-state index contributed by atoms with van der Waals surface area (Å²) >= 11 is 0. The molecule has 144 valence electrons. The number of hydrogen-bond acceptors (Lipinski definition) is 2. The molecule has 1 aliphatic rings. The van der Waals surface area contributed by atoms with Crippen molar-refractivity contribution in [2.24, 2.45) is 4.99 Å². The molecule has 1 N–H and O–H groups in total. The summed E-state index contributed by atoms with van der Waals surface area (Å²) in [4.78, 5) is 16.2. The Labute approximate surface area is 155 Å². The number of allylic oxidation sites excluding steroid dienone is 1. The van der Waals surface area contributed by atoms with Gasteiger partial charge in [-0.25, -0.2) is 4.99 Å². The summed E-state index contributed by atoms with van der Waals surface area (Å²) in [6.07, 6.45) is 18.7. The van der Waals surface area contributed by atoms with E-state index in [-0.39, 0.29) is 18.2 Å². The van der Waals surface area contributed by atoms with Crippen LogP contribution in [-0.4, -0.2) is 42.0 Å². The van der Waals surface area contributed by atoms with Crippen LogP contribution >= 0.6 is 0 Å². The first-order valence-electron chi connectivity index (χ1n) is 10.4. The topological polar surface area (TPSA) is 41.5 Å². The summed E-state index contributed by atoms with van der Waals surface area (Å²) in [6.45, 7) is 10.1. The Morgan fingerprint density at radius 3 is 2.52 bits per heavy atom. The molecule has 25 heavy (non-hydrogen) atoms. The Morgan fingerprint density at radius 2 is 1.88 bits per heavy atom. The van der Waals surface area contributed by atoms with Gasteiger partial charge in [0.1, 0.15) is 6.54 Å². The average Bonchev–Trinajstić information content (AvgIpc) is 3.00. The van der Waals surface area contributed by atoms with Gasteiger partial charge in [0, 0.05) is 20.3 Å². The highest BCUT2D eigenvalue weighted by atomic mass is 16.1. The molecule has 4 heteroatoms. The van der Waals surface area contributed by atoms with Crippen LogP contribution in [0.3, 0.4) is 0 Å². The highest BCUT2D eigenvalue weighted by molar-refractivity contribution is 5.73. The van der Waals surface area contributed by atoms with Crippen LogP contribution in [0.5, 0.6) is 0 Å². The average molecular weight is 351 g/mol. The number of nitrogens with one attached hydrogen (secondary N) is 1. The minimum absolute atomic E-state index is 0.0404. The maximum absolute atomic E-state index is 11.4. The van der Waals surface area contributed by atoms with Gasteiger partial charge in [0.05, 0.1) is 12.8 Å². The molecule has 1 rings (SSSR count). The van der Waals surface area contributed by atoms with Crippen molar-refractivity contribution in [3.63, 3.8) is 0 Å². The van der Waals surface area contributed by atoms with E-state index in [1.807, 2.05) is 6.21 Å². The third-order valence-electron chi connectivity index (χ3n) is 5.55. The molecule has 1 heterocycles. The number of rotatable bonds is 13. The van der Waals surface area contributed by atoms with Crippen molar-refractivity contribution in [1.82, 2.24) is 5.32 Å². The zero-order valence-electron chi connectivity index (χ0n) is 17.0. The minimum atomic E-state index is 0.0404. The van der Waals surface area contributed by atoms with E-state index in [0.717, 1.165) is 24.0 Å². The zero-order valence-corrected chi connectivity index (χ0v) is 17.0. The highest BCUT2D eigenvalue weighted by Crippen LogP contribution is 2.25. The molecule has 0 saturated heterocycles. The Morgan fingerprint density at radius 1 is 1.20 bits per heavy atom. The molecule has 0 aromatic carbocycles. The summed E-state index contributed by atoms with van der Waals surface area (Å²) in [7, 11) is 0. The van der Waals surface area contributed by atoms with Crippen molar-refractivity contribution in [3.8, 4) is 0 Å². The number of hydrogen-bond donors (Lipinski definition) is 1. The van der Waals surface area contributed by atoms with E-state index < -0.39 is 0 Å². The SMILES string of the molecule is CCCCCCCCC/C=C/CC1N=CC[N+]1(CC)C(C)NC(C)=O. The van der Waals surface area contributed by atoms with Crippen LogP contribution < -0.4 is 5.32 Å². The number of carbonyl (C=O) groups is 1. The molecule has 3 unspecified atom stereocenters. The first-order chi connectivity index (χ1) is 12.1. The van der Waals surface area contributed by atoms with Crippen LogP contribution in [0.4, 0.5) is 0 Å². The molecule has 1 amide bonds. The van der Waals surface area contributed by atoms with Gasteiger partial charge in [-0.15, -0.1) is 0 Å². The first kappa shape index (κ1) is 21.9. The van der Waals surface area contributed by atoms with Crippen molar-refractivity contribution in [3.05, 3.63) is 12.2 Å². The van der Waals surface area contributed by atoms with Crippen LogP contribution in [0, 0.1) is 0 Å². The monoisotopic (exact) mass is 350 g/mol. The Hall–Kier alpha value is -1.16. The second-order valence-corrected chi connectivity index (χ2v) is 7.41. The molecule has 3 atom stereocenters. The highest BCUT2D eigenvalue weighted by Gasteiger charge is 2.42. The lowest BCUT2D eigenvalue weighted by Crippen LogP contribution is -2.63. The van der Waals surface area contributed by atoms with Crippen LogP contribution in [0.2, 0.25) is 0 Å². The van der Waals surface area contributed by atoms with Gasteiger partial charge in [-0.05, 0) is 19.8 Å². The van der Waals surface area contributed by atoms with Gasteiger partial charge in [-0.3, -0.25) is 9.28 Å². The summed E-state index contributed by atoms with van der Waals surface area (Å²) in [6, 6.07) is 0. The predicted molar refractivity (Wildman–Crippen MR) is 108 cm³/mol. The number of aliphatic imine (C=N–C) groups is 1. The number of quaternary nitrogens is 1. The van der Waals surface area contributed by atoms with Crippen LogP contribution in [-0.2, 0) is 4.79 Å². The Bertz CT molecular complexity index is 433. The first-order valence-corrected chi connectivity index (χ1v) is 10.4. The van der Waals surface area contributed by atoms with Crippen molar-refractivity contribution in [2.75, 3.05) is 13.1 Å². The fourth-order valence-corrected chi connectivity index (χ4v) is 3.85. The molecule has 0 spiro atoms. The van der Waals surface area contributed by atoms with Gasteiger partial charge in [-0.2, -0.15) is 0 Å². The lowest BCUT2D eigenvalue weighted by molar-refractivity contribution is -0.958. The second kappa shape index (κ2) is 12.2. The van der Waals surface area contributed by atoms with E-state index in [1.165, 1.54) is 51.4 Å². The van der Waals surface area contributed by atoms with Gasteiger partial charge in [0.15, 0.2) is 12.3 Å². The molecular weight excluding hydrogens is 310 g/mol. The maximum Gasteiger partial charge on any atom is 0.221 e. The predicted octanol–water partition coefficient (Wildman–Crippen LogP) is 4.80. The Balaban J connectivity index is 2.32. The van der Waals surface area contributed by atoms with E-state index >= 15 is 0 Å². The second-order valence-electron chi connectivity index (χ2n) is 7.41. The summed E-state index contributed by atoms with van der Waals surface area (Å²) < 4.78 is 0.835. The normalized spacial score (nSPS) is 24.1. The van der Waals surface area contributed by atoms with Crippen molar-refractivity contribution in [1.29, 1.82) is 0 Å². The summed E-state index contributed by atoms with van der Waals surface area (Å²) in [5.41, 5.74) is 0. The molecule has 0 radical (unpaired) electrons. The van der Waals surface area contributed by atoms with Crippen molar-refractivity contribution >= 4 is 12.1 Å². The van der Waals surface area contributed by atoms with Gasteiger partial charge in [0.25, 0.3) is 0 Å². The summed E-state index contributed by atoms with van der Waals surface area (Å²) in [5, 5.41) is 3.07. The van der Waals surface area contributed by atoms with Crippen molar-refractivity contribution < 1.29 is 9.28 Å². The standard InChI is InChI=1S/C21H39N3O/c1-5-7-8-9-10-11-12-13-14-15-16-21-22-17-18-24(21,6-2)19(3)23-20(4)25/h14-15,17,19,21H,5-13,16,18H2,1-4H3/p+1/b15-14+. The van der Waals surface area contributed by atoms with Gasteiger partial charge < -0.3 is 5.32 Å². The van der Waals surface area contributed by atoms with E-state index in [1.54, 1.807) is 6.92 Å². The molecular formula is C21H40N3O+. The van der Waals surface area contributed by atoms with E-state index in [9.17, 15) is 4.79 Å². The molecule has 1 aliphatic heterocycles. The van der Waals surface area contributed by atoms with Crippen LogP contribution in [0.1, 0.15) is 85.5 Å². The lowest BCUT2D eigenvalue weighted by atomic mass is 10.1. The maximum atomic E-state index is 11.4. The quantitative estimate of drug-likeness (QED) is 0.289. The number of carbonyl (C=O) groups excluding carboxylic acids is 1. The largest absolute Gasteiger partial charge is 0.307 e. The fourth-order valence-electron chi connectivity index (χ4n) is 3.85. The van der Waals surface area contributed by atoms with E-state index in [0.29, 0.717) is 0 Å². The van der Waals surface area contributed by atoms with Crippen LogP contribution in [0.25, 0.3) is 0 Å². The van der Waals surface area contributed by atoms with E-state index in [2.05, 4.69) is 38.2 Å². The van der Waals surface area contributed by atoms with Crippen molar-refractivity contribution in [2.45, 2.75) is 97.8 Å². The molecule has 4 nitrogen and oxygen atoms in total.